The van der Waals surface area contributed by atoms with Crippen molar-refractivity contribution in [2.24, 2.45) is 0 Å². The number of amides is 2. The van der Waals surface area contributed by atoms with Crippen LogP contribution >= 0.6 is 15.9 Å². The highest BCUT2D eigenvalue weighted by atomic mass is 79.9. The minimum atomic E-state index is -1.30. The SMILES string of the molecule is CC(NC(=O)NC(C)(C)C(=O)O)c1cccc(Br)c1. The summed E-state index contributed by atoms with van der Waals surface area (Å²) in [5, 5.41) is 14.0. The van der Waals surface area contributed by atoms with Crippen molar-refractivity contribution in [1.82, 2.24) is 10.6 Å². The van der Waals surface area contributed by atoms with Gasteiger partial charge in [-0.15, -0.1) is 0 Å². The number of aliphatic carboxylic acids is 1. The molecule has 0 aromatic heterocycles. The van der Waals surface area contributed by atoms with Crippen molar-refractivity contribution in [2.75, 3.05) is 0 Å². The van der Waals surface area contributed by atoms with E-state index in [1.165, 1.54) is 13.8 Å². The number of carboxylic acids is 1. The first-order chi connectivity index (χ1) is 8.72. The molecule has 5 nitrogen and oxygen atoms in total. The van der Waals surface area contributed by atoms with Gasteiger partial charge in [0.1, 0.15) is 5.54 Å². The summed E-state index contributed by atoms with van der Waals surface area (Å²) in [4.78, 5) is 22.6. The quantitative estimate of drug-likeness (QED) is 0.795. The molecule has 0 saturated carbocycles. The van der Waals surface area contributed by atoms with Crippen molar-refractivity contribution in [1.29, 1.82) is 0 Å². The predicted molar refractivity (Wildman–Crippen MR) is 75.9 cm³/mol. The number of benzene rings is 1. The van der Waals surface area contributed by atoms with Crippen LogP contribution in [0.3, 0.4) is 0 Å². The second-order valence-electron chi connectivity index (χ2n) is 4.81. The maximum atomic E-state index is 11.7. The molecule has 0 radical (unpaired) electrons. The van der Waals surface area contributed by atoms with E-state index in [0.717, 1.165) is 10.0 Å². The lowest BCUT2D eigenvalue weighted by Gasteiger charge is -2.23. The maximum absolute atomic E-state index is 11.7. The van der Waals surface area contributed by atoms with Crippen molar-refractivity contribution in [3.8, 4) is 0 Å². The first-order valence-electron chi connectivity index (χ1n) is 5.80. The van der Waals surface area contributed by atoms with Crippen molar-refractivity contribution < 1.29 is 14.7 Å². The average Bonchev–Trinajstić information content (AvgIpc) is 2.27. The Kier molecular flexibility index (Phi) is 4.94. The Morgan fingerprint density at radius 1 is 1.37 bits per heavy atom. The Bertz CT molecular complexity index is 489. The zero-order valence-corrected chi connectivity index (χ0v) is 12.6. The minimum Gasteiger partial charge on any atom is -0.480 e. The van der Waals surface area contributed by atoms with Crippen molar-refractivity contribution in [3.05, 3.63) is 34.3 Å². The molecule has 19 heavy (non-hydrogen) atoms. The van der Waals surface area contributed by atoms with Crippen molar-refractivity contribution in [2.45, 2.75) is 32.4 Å². The number of rotatable bonds is 4. The normalized spacial score (nSPS) is 12.6. The smallest absolute Gasteiger partial charge is 0.328 e. The molecule has 1 unspecified atom stereocenters. The third-order valence-electron chi connectivity index (χ3n) is 2.66. The first kappa shape index (κ1) is 15.5. The zero-order valence-electron chi connectivity index (χ0n) is 11.0. The van der Waals surface area contributed by atoms with Gasteiger partial charge in [0.2, 0.25) is 0 Å². The number of urea groups is 1. The molecule has 1 atom stereocenters. The molecule has 0 aliphatic heterocycles. The fourth-order valence-corrected chi connectivity index (χ4v) is 1.85. The van der Waals surface area contributed by atoms with E-state index in [0.29, 0.717) is 0 Å². The molecule has 0 saturated heterocycles. The standard InChI is InChI=1S/C13H17BrN2O3/c1-8(9-5-4-6-10(14)7-9)15-12(19)16-13(2,3)11(17)18/h4-8H,1-3H3,(H,17,18)(H2,15,16,19). The number of carbonyl (C=O) groups excluding carboxylic acids is 1. The molecule has 6 heteroatoms. The van der Waals surface area contributed by atoms with Crippen LogP contribution in [0.4, 0.5) is 4.79 Å². The van der Waals surface area contributed by atoms with Crippen LogP contribution in [0.1, 0.15) is 32.4 Å². The number of halogens is 1. The van der Waals surface area contributed by atoms with E-state index >= 15 is 0 Å². The van der Waals surface area contributed by atoms with Crippen LogP contribution in [-0.4, -0.2) is 22.6 Å². The molecule has 1 aromatic rings. The van der Waals surface area contributed by atoms with E-state index in [2.05, 4.69) is 26.6 Å². The summed E-state index contributed by atoms with van der Waals surface area (Å²) < 4.78 is 0.921. The lowest BCUT2D eigenvalue weighted by Crippen LogP contribution is -2.53. The van der Waals surface area contributed by atoms with E-state index in [4.69, 9.17) is 5.11 Å². The number of nitrogens with one attached hydrogen (secondary N) is 2. The van der Waals surface area contributed by atoms with Gasteiger partial charge in [-0.25, -0.2) is 9.59 Å². The number of hydrogen-bond acceptors (Lipinski definition) is 2. The van der Waals surface area contributed by atoms with Gasteiger partial charge in [0.15, 0.2) is 0 Å². The van der Waals surface area contributed by atoms with Crippen molar-refractivity contribution in [3.63, 3.8) is 0 Å². The lowest BCUT2D eigenvalue weighted by molar-refractivity contribution is -0.142. The van der Waals surface area contributed by atoms with Crippen LogP contribution in [0.2, 0.25) is 0 Å². The van der Waals surface area contributed by atoms with Gasteiger partial charge in [-0.1, -0.05) is 28.1 Å². The molecule has 0 spiro atoms. The fraction of sp³-hybridized carbons (Fsp3) is 0.385. The summed E-state index contributed by atoms with van der Waals surface area (Å²) in [6.07, 6.45) is 0. The summed E-state index contributed by atoms with van der Waals surface area (Å²) in [7, 11) is 0. The van der Waals surface area contributed by atoms with Crippen LogP contribution in [0, 0.1) is 0 Å². The molecule has 0 bridgehead atoms. The summed E-state index contributed by atoms with van der Waals surface area (Å²) in [6.45, 7) is 4.69. The Morgan fingerprint density at radius 3 is 2.53 bits per heavy atom. The lowest BCUT2D eigenvalue weighted by atomic mass is 10.1. The third kappa shape index (κ3) is 4.55. The number of hydrogen-bond donors (Lipinski definition) is 3. The molecule has 2 amide bonds. The second kappa shape index (κ2) is 6.06. The monoisotopic (exact) mass is 328 g/mol. The van der Waals surface area contributed by atoms with Gasteiger partial charge in [-0.2, -0.15) is 0 Å². The largest absolute Gasteiger partial charge is 0.480 e. The van der Waals surface area contributed by atoms with Gasteiger partial charge in [0.05, 0.1) is 6.04 Å². The highest BCUT2D eigenvalue weighted by Gasteiger charge is 2.29. The molecule has 3 N–H and O–H groups in total. The van der Waals surface area contributed by atoms with Gasteiger partial charge in [0.25, 0.3) is 0 Å². The van der Waals surface area contributed by atoms with Gasteiger partial charge < -0.3 is 15.7 Å². The molecule has 0 aliphatic rings. The molecular formula is C13H17BrN2O3. The van der Waals surface area contributed by atoms with Gasteiger partial charge in [-0.05, 0) is 38.5 Å². The van der Waals surface area contributed by atoms with Crippen LogP contribution in [0.15, 0.2) is 28.7 Å². The van der Waals surface area contributed by atoms with E-state index in [1.54, 1.807) is 0 Å². The minimum absolute atomic E-state index is 0.220. The second-order valence-corrected chi connectivity index (χ2v) is 5.72. The van der Waals surface area contributed by atoms with E-state index < -0.39 is 17.5 Å². The predicted octanol–water partition coefficient (Wildman–Crippen LogP) is 2.67. The van der Waals surface area contributed by atoms with Crippen LogP contribution in [0.5, 0.6) is 0 Å². The van der Waals surface area contributed by atoms with Crippen LogP contribution < -0.4 is 10.6 Å². The van der Waals surface area contributed by atoms with Crippen LogP contribution in [0.25, 0.3) is 0 Å². The zero-order chi connectivity index (χ0) is 14.6. The maximum Gasteiger partial charge on any atom is 0.328 e. The summed E-state index contributed by atoms with van der Waals surface area (Å²) >= 11 is 3.36. The molecular weight excluding hydrogens is 312 g/mol. The number of carboxylic acid groups (broad SMARTS) is 1. The summed E-state index contributed by atoms with van der Waals surface area (Å²) in [5.41, 5.74) is -0.376. The molecule has 0 fully saturated rings. The van der Waals surface area contributed by atoms with E-state index in [-0.39, 0.29) is 6.04 Å². The Labute approximate surface area is 120 Å². The van der Waals surface area contributed by atoms with Gasteiger partial charge in [-0.3, -0.25) is 0 Å². The van der Waals surface area contributed by atoms with Crippen LogP contribution in [-0.2, 0) is 4.79 Å². The molecule has 1 aromatic carbocycles. The third-order valence-corrected chi connectivity index (χ3v) is 3.15. The number of carbonyl (C=O) groups is 2. The summed E-state index contributed by atoms with van der Waals surface area (Å²) in [5.74, 6) is -1.09. The Balaban J connectivity index is 2.65. The molecule has 0 aliphatic carbocycles. The summed E-state index contributed by atoms with van der Waals surface area (Å²) in [6, 6.07) is 6.81. The Morgan fingerprint density at radius 2 is 2.00 bits per heavy atom. The first-order valence-corrected chi connectivity index (χ1v) is 6.59. The highest BCUT2D eigenvalue weighted by molar-refractivity contribution is 9.10. The fourth-order valence-electron chi connectivity index (χ4n) is 1.43. The van der Waals surface area contributed by atoms with Gasteiger partial charge >= 0.3 is 12.0 Å². The molecule has 104 valence electrons. The molecule has 1 rings (SSSR count). The van der Waals surface area contributed by atoms with E-state index in [1.807, 2.05) is 31.2 Å². The highest BCUT2D eigenvalue weighted by Crippen LogP contribution is 2.17. The average molecular weight is 329 g/mol. The van der Waals surface area contributed by atoms with E-state index in [9.17, 15) is 9.59 Å². The van der Waals surface area contributed by atoms with Crippen molar-refractivity contribution >= 4 is 27.9 Å². The Hall–Kier alpha value is -1.56. The molecule has 0 heterocycles. The topological polar surface area (TPSA) is 78.4 Å². The van der Waals surface area contributed by atoms with Gasteiger partial charge in [0, 0.05) is 4.47 Å².